The molecule has 0 fully saturated rings. The van der Waals surface area contributed by atoms with E-state index in [1.165, 1.54) is 0 Å². The summed E-state index contributed by atoms with van der Waals surface area (Å²) in [6.07, 6.45) is -4.46. The SMILES string of the molecule is Cc1cc(C)cc(NC(=O)C(=O)Nc2ccc(C(F)(F)F)cc2)c1. The van der Waals surface area contributed by atoms with Crippen LogP contribution < -0.4 is 10.6 Å². The van der Waals surface area contributed by atoms with Gasteiger partial charge in [-0.25, -0.2) is 0 Å². The molecule has 126 valence electrons. The number of benzene rings is 2. The van der Waals surface area contributed by atoms with Gasteiger partial charge in [0.05, 0.1) is 5.56 Å². The molecule has 7 heteroatoms. The highest BCUT2D eigenvalue weighted by molar-refractivity contribution is 6.43. The predicted octanol–water partition coefficient (Wildman–Crippen LogP) is 3.90. The summed E-state index contributed by atoms with van der Waals surface area (Å²) in [6.45, 7) is 3.70. The first-order valence-corrected chi connectivity index (χ1v) is 7.03. The Morgan fingerprint density at radius 2 is 1.25 bits per heavy atom. The summed E-state index contributed by atoms with van der Waals surface area (Å²) in [4.78, 5) is 23.7. The smallest absolute Gasteiger partial charge is 0.318 e. The molecule has 0 heterocycles. The normalized spacial score (nSPS) is 11.0. The van der Waals surface area contributed by atoms with Gasteiger partial charge in [-0.15, -0.1) is 0 Å². The van der Waals surface area contributed by atoms with Crippen molar-refractivity contribution >= 4 is 23.2 Å². The average Bonchev–Trinajstić information content (AvgIpc) is 2.45. The van der Waals surface area contributed by atoms with E-state index in [1.807, 2.05) is 19.9 Å². The van der Waals surface area contributed by atoms with Crippen molar-refractivity contribution in [2.75, 3.05) is 10.6 Å². The summed E-state index contributed by atoms with van der Waals surface area (Å²) in [5.41, 5.74) is 1.59. The Labute approximate surface area is 136 Å². The molecule has 0 aliphatic heterocycles. The fraction of sp³-hybridized carbons (Fsp3) is 0.176. The zero-order chi connectivity index (χ0) is 17.9. The van der Waals surface area contributed by atoms with Crippen LogP contribution in [0.5, 0.6) is 0 Å². The van der Waals surface area contributed by atoms with Crippen molar-refractivity contribution in [2.45, 2.75) is 20.0 Å². The molecule has 0 spiro atoms. The van der Waals surface area contributed by atoms with Gasteiger partial charge < -0.3 is 10.6 Å². The molecule has 0 saturated heterocycles. The van der Waals surface area contributed by atoms with Crippen molar-refractivity contribution in [1.82, 2.24) is 0 Å². The number of anilines is 2. The van der Waals surface area contributed by atoms with Crippen molar-refractivity contribution in [1.29, 1.82) is 0 Å². The highest BCUT2D eigenvalue weighted by Gasteiger charge is 2.30. The fourth-order valence-corrected chi connectivity index (χ4v) is 2.17. The van der Waals surface area contributed by atoms with Crippen LogP contribution in [0, 0.1) is 13.8 Å². The lowest BCUT2D eigenvalue weighted by Crippen LogP contribution is -2.29. The van der Waals surface area contributed by atoms with Crippen LogP contribution in [0.3, 0.4) is 0 Å². The number of aryl methyl sites for hydroxylation is 2. The number of amides is 2. The minimum absolute atomic E-state index is 0.101. The Morgan fingerprint density at radius 3 is 1.71 bits per heavy atom. The number of carbonyl (C=O) groups excluding carboxylic acids is 2. The number of hydrogen-bond acceptors (Lipinski definition) is 2. The summed E-state index contributed by atoms with van der Waals surface area (Å²) in [6, 6.07) is 9.16. The standard InChI is InChI=1S/C17H15F3N2O2/c1-10-7-11(2)9-14(8-10)22-16(24)15(23)21-13-5-3-12(4-6-13)17(18,19)20/h3-9H,1-2H3,(H,21,23)(H,22,24). The lowest BCUT2D eigenvalue weighted by atomic mass is 10.1. The zero-order valence-corrected chi connectivity index (χ0v) is 13.0. The van der Waals surface area contributed by atoms with Gasteiger partial charge in [0.2, 0.25) is 0 Å². The van der Waals surface area contributed by atoms with Gasteiger partial charge >= 0.3 is 18.0 Å². The molecule has 0 aliphatic rings. The van der Waals surface area contributed by atoms with Crippen LogP contribution in [-0.4, -0.2) is 11.8 Å². The third-order valence-electron chi connectivity index (χ3n) is 3.16. The van der Waals surface area contributed by atoms with Crippen molar-refractivity contribution in [3.05, 3.63) is 59.2 Å². The largest absolute Gasteiger partial charge is 0.416 e. The highest BCUT2D eigenvalue weighted by atomic mass is 19.4. The number of rotatable bonds is 2. The van der Waals surface area contributed by atoms with E-state index in [2.05, 4.69) is 10.6 Å². The fourth-order valence-electron chi connectivity index (χ4n) is 2.17. The second-order valence-electron chi connectivity index (χ2n) is 5.36. The van der Waals surface area contributed by atoms with E-state index < -0.39 is 23.6 Å². The summed E-state index contributed by atoms with van der Waals surface area (Å²) in [5, 5.41) is 4.70. The number of nitrogens with one attached hydrogen (secondary N) is 2. The molecule has 4 nitrogen and oxygen atoms in total. The predicted molar refractivity (Wildman–Crippen MR) is 84.6 cm³/mol. The van der Waals surface area contributed by atoms with E-state index in [9.17, 15) is 22.8 Å². The lowest BCUT2D eigenvalue weighted by Gasteiger charge is -2.10. The summed E-state index contributed by atoms with van der Waals surface area (Å²) in [5.74, 6) is -1.87. The van der Waals surface area contributed by atoms with Gasteiger partial charge in [0.1, 0.15) is 0 Å². The van der Waals surface area contributed by atoms with Crippen LogP contribution in [0.2, 0.25) is 0 Å². The molecule has 0 saturated carbocycles. The Kier molecular flexibility index (Phi) is 4.92. The molecular formula is C17H15F3N2O2. The van der Waals surface area contributed by atoms with Crippen LogP contribution in [-0.2, 0) is 15.8 Å². The van der Waals surface area contributed by atoms with Gasteiger partial charge in [-0.2, -0.15) is 13.2 Å². The second-order valence-corrected chi connectivity index (χ2v) is 5.36. The first kappa shape index (κ1) is 17.5. The molecule has 0 aromatic heterocycles. The molecular weight excluding hydrogens is 321 g/mol. The third-order valence-corrected chi connectivity index (χ3v) is 3.16. The van der Waals surface area contributed by atoms with E-state index in [-0.39, 0.29) is 5.69 Å². The molecule has 2 amide bonds. The molecule has 2 rings (SSSR count). The first-order chi connectivity index (χ1) is 11.1. The maximum atomic E-state index is 12.5. The van der Waals surface area contributed by atoms with Crippen LogP contribution in [0.15, 0.2) is 42.5 Å². The van der Waals surface area contributed by atoms with Crippen LogP contribution in [0.25, 0.3) is 0 Å². The summed E-state index contributed by atoms with van der Waals surface area (Å²) in [7, 11) is 0. The first-order valence-electron chi connectivity index (χ1n) is 7.03. The van der Waals surface area contributed by atoms with Crippen molar-refractivity contribution in [3.63, 3.8) is 0 Å². The van der Waals surface area contributed by atoms with E-state index in [1.54, 1.807) is 12.1 Å². The number of alkyl halides is 3. The Morgan fingerprint density at radius 1 is 0.792 bits per heavy atom. The molecule has 0 aliphatic carbocycles. The van der Waals surface area contributed by atoms with Crippen LogP contribution in [0.4, 0.5) is 24.5 Å². The monoisotopic (exact) mass is 336 g/mol. The molecule has 2 aromatic rings. The topological polar surface area (TPSA) is 58.2 Å². The lowest BCUT2D eigenvalue weighted by molar-refractivity contribution is -0.137. The van der Waals surface area contributed by atoms with E-state index in [0.29, 0.717) is 5.69 Å². The molecule has 0 atom stereocenters. The quantitative estimate of drug-likeness (QED) is 0.817. The third kappa shape index (κ3) is 4.58. The second kappa shape index (κ2) is 6.74. The molecule has 0 unspecified atom stereocenters. The molecule has 2 N–H and O–H groups in total. The number of hydrogen-bond donors (Lipinski definition) is 2. The minimum Gasteiger partial charge on any atom is -0.318 e. The van der Waals surface area contributed by atoms with E-state index in [4.69, 9.17) is 0 Å². The van der Waals surface area contributed by atoms with Gasteiger partial charge in [0.15, 0.2) is 0 Å². The zero-order valence-electron chi connectivity index (χ0n) is 13.0. The van der Waals surface area contributed by atoms with Gasteiger partial charge in [-0.05, 0) is 61.4 Å². The Bertz CT molecular complexity index is 748. The number of halogens is 3. The average molecular weight is 336 g/mol. The summed E-state index contributed by atoms with van der Waals surface area (Å²) >= 11 is 0. The Hall–Kier alpha value is -2.83. The molecule has 0 bridgehead atoms. The minimum atomic E-state index is -4.46. The molecule has 0 radical (unpaired) electrons. The number of carbonyl (C=O) groups is 2. The van der Waals surface area contributed by atoms with Gasteiger partial charge in [-0.1, -0.05) is 6.07 Å². The van der Waals surface area contributed by atoms with E-state index in [0.717, 1.165) is 35.4 Å². The Balaban J connectivity index is 2.02. The van der Waals surface area contributed by atoms with Crippen LogP contribution >= 0.6 is 0 Å². The van der Waals surface area contributed by atoms with Crippen molar-refractivity contribution in [3.8, 4) is 0 Å². The van der Waals surface area contributed by atoms with Crippen molar-refractivity contribution < 1.29 is 22.8 Å². The summed E-state index contributed by atoms with van der Waals surface area (Å²) < 4.78 is 37.4. The maximum absolute atomic E-state index is 12.5. The molecule has 24 heavy (non-hydrogen) atoms. The molecule has 2 aromatic carbocycles. The maximum Gasteiger partial charge on any atom is 0.416 e. The van der Waals surface area contributed by atoms with E-state index >= 15 is 0 Å². The van der Waals surface area contributed by atoms with Gasteiger partial charge in [0, 0.05) is 11.4 Å². The van der Waals surface area contributed by atoms with Gasteiger partial charge in [0.25, 0.3) is 0 Å². The van der Waals surface area contributed by atoms with Crippen LogP contribution in [0.1, 0.15) is 16.7 Å². The van der Waals surface area contributed by atoms with Crippen molar-refractivity contribution in [2.24, 2.45) is 0 Å². The van der Waals surface area contributed by atoms with Gasteiger partial charge in [-0.3, -0.25) is 9.59 Å². The highest BCUT2D eigenvalue weighted by Crippen LogP contribution is 2.29.